The van der Waals surface area contributed by atoms with Gasteiger partial charge in [-0.25, -0.2) is 0 Å². The maximum absolute atomic E-state index is 14.4. The number of aromatic nitrogens is 3. The van der Waals surface area contributed by atoms with E-state index in [1.807, 2.05) is 45.1 Å². The fraction of sp³-hybridized carbons (Fsp3) is 0.545. The Labute approximate surface area is 409 Å². The van der Waals surface area contributed by atoms with Crippen LogP contribution in [0.3, 0.4) is 0 Å². The van der Waals surface area contributed by atoms with E-state index >= 15 is 0 Å². The topological polar surface area (TPSA) is 146 Å². The van der Waals surface area contributed by atoms with Gasteiger partial charge in [0.1, 0.15) is 12.5 Å². The van der Waals surface area contributed by atoms with Crippen LogP contribution in [0.25, 0.3) is 35.2 Å². The Morgan fingerprint density at radius 2 is 1.48 bits per heavy atom. The minimum absolute atomic E-state index is 0. The van der Waals surface area contributed by atoms with Crippen LogP contribution in [0.1, 0.15) is 173 Å². The van der Waals surface area contributed by atoms with Gasteiger partial charge in [0, 0.05) is 18.6 Å². The van der Waals surface area contributed by atoms with Gasteiger partial charge in [-0.15, -0.1) is 33.5 Å². The number of ketones is 1. The smallest absolute Gasteiger partial charge is 0.664 e. The average Bonchev–Trinajstić information content (AvgIpc) is 4.02. The third kappa shape index (κ3) is 11.7. The normalized spacial score (nSPS) is 21.5. The number of methoxy groups -OCH3 is 1. The first-order valence-corrected chi connectivity index (χ1v) is 24.2. The van der Waals surface area contributed by atoms with Gasteiger partial charge < -0.3 is 34.8 Å². The summed E-state index contributed by atoms with van der Waals surface area (Å²) in [6.07, 6.45) is 21.7. The molecule has 11 heteroatoms. The number of nitrogens with zero attached hydrogens (tertiary/aromatic N) is 4. The summed E-state index contributed by atoms with van der Waals surface area (Å²) in [7, 11) is 1.26. The number of esters is 2. The van der Waals surface area contributed by atoms with Crippen molar-refractivity contribution >= 4 is 70.7 Å². The molecule has 3 aliphatic rings. The van der Waals surface area contributed by atoms with Crippen LogP contribution >= 0.6 is 0 Å². The third-order valence-electron chi connectivity index (χ3n) is 14.2. The zero-order valence-electron chi connectivity index (χ0n) is 41.4. The minimum atomic E-state index is -1.30. The molecule has 5 atom stereocenters. The Morgan fingerprint density at radius 3 is 2.12 bits per heavy atom. The van der Waals surface area contributed by atoms with Crippen molar-refractivity contribution < 1.29 is 29.0 Å². The summed E-state index contributed by atoms with van der Waals surface area (Å²) < 4.78 is 11.0. The Kier molecular flexibility index (Phi) is 18.8. The number of allylic oxidation sites excluding steroid dienone is 2. The Balaban J connectivity index is 0.00000817. The Bertz CT molecular complexity index is 2480. The van der Waals surface area contributed by atoms with Crippen LogP contribution in [-0.4, -0.2) is 66.2 Å². The van der Waals surface area contributed by atoms with Gasteiger partial charge in [0.25, 0.3) is 0 Å². The number of ether oxygens (including phenoxy) is 2. The molecule has 2 aliphatic heterocycles. The van der Waals surface area contributed by atoms with E-state index in [1.54, 1.807) is 6.08 Å². The first-order valence-electron chi connectivity index (χ1n) is 24.2. The Hall–Kier alpha value is -4.32. The summed E-state index contributed by atoms with van der Waals surface area (Å²) in [4.78, 5) is 56.6. The zero-order valence-corrected chi connectivity index (χ0v) is 42.9. The molecule has 3 aromatic heterocycles. The Morgan fingerprint density at radius 1 is 0.833 bits per heavy atom. The van der Waals surface area contributed by atoms with Crippen molar-refractivity contribution in [2.45, 2.75) is 139 Å². The van der Waals surface area contributed by atoms with Crippen molar-refractivity contribution in [1.29, 1.82) is 0 Å². The molecular formula is C55H72MgN4O6-2. The van der Waals surface area contributed by atoms with Gasteiger partial charge in [-0.3, -0.25) is 14.4 Å². The number of hydrogen-bond acceptors (Lipinski definition) is 6. The largest absolute Gasteiger partial charge is 2.00 e. The molecule has 0 unspecified atom stereocenters. The van der Waals surface area contributed by atoms with Crippen molar-refractivity contribution in [3.8, 4) is 0 Å². The van der Waals surface area contributed by atoms with E-state index in [-0.39, 0.29) is 55.1 Å². The van der Waals surface area contributed by atoms with Crippen LogP contribution in [0, 0.1) is 56.3 Å². The number of hydrogen-bond donors (Lipinski definition) is 1. The molecule has 5 heterocycles. The van der Waals surface area contributed by atoms with E-state index in [1.165, 1.54) is 57.6 Å². The summed E-state index contributed by atoms with van der Waals surface area (Å²) >= 11 is 0. The van der Waals surface area contributed by atoms with Crippen LogP contribution in [0.4, 0.5) is 0 Å². The van der Waals surface area contributed by atoms with Gasteiger partial charge in [0.15, 0.2) is 5.78 Å². The second-order valence-corrected chi connectivity index (χ2v) is 19.4. The van der Waals surface area contributed by atoms with Crippen molar-refractivity contribution in [3.05, 3.63) is 102 Å². The predicted octanol–water partition coefficient (Wildman–Crippen LogP) is 9.34. The molecule has 8 bridgehead atoms. The van der Waals surface area contributed by atoms with Crippen LogP contribution in [0.2, 0.25) is 0 Å². The SMILES string of the molecule is C=Cc1c2[n-]c(c1C)/C=C1\[N-]/C(=C3\c4[n-]c(c(C)c4C(=O)[C@@H]3C(=O)OC)/C=c3\[n-]/c(c(C)c3CC)=C\2)[C@@H](CCC(=O)OC/C=C(\C)CCC[C@H](C)CCC[C@H](C)CCCC(C)C)[C@@H]1CO.[Mg+2]. The van der Waals surface area contributed by atoms with Crippen LogP contribution < -0.4 is 25.7 Å². The maximum atomic E-state index is 14.4. The molecule has 6 rings (SSSR count). The summed E-state index contributed by atoms with van der Waals surface area (Å²) in [6, 6.07) is 0. The summed E-state index contributed by atoms with van der Waals surface area (Å²) in [5.74, 6) is -1.65. The molecule has 1 aliphatic carbocycles. The molecule has 10 nitrogen and oxygen atoms in total. The number of aliphatic hydroxyl groups excluding tert-OH is 1. The number of rotatable bonds is 21. The fourth-order valence-corrected chi connectivity index (χ4v) is 10.2. The van der Waals surface area contributed by atoms with Crippen molar-refractivity contribution in [1.82, 2.24) is 15.0 Å². The third-order valence-corrected chi connectivity index (χ3v) is 14.2. The van der Waals surface area contributed by atoms with Gasteiger partial charge in [-0.2, -0.15) is 11.4 Å². The van der Waals surface area contributed by atoms with E-state index in [2.05, 4.69) is 48.1 Å². The standard InChI is InChI=1S/C55H73N4O6.Mg/c1-12-38-36(9)43-28-47-41(30-60)40(23-24-48(61)65-26-25-34(7)22-16-21-33(6)20-15-19-32(5)18-14-17-31(3)4)52(59-47)50-51(55(63)64-11)54(62)49-37(10)44(58-53(49)50)29-46-39(13-2)35(8)42(56-46)27-45(38)57-43;/h12,25,27-29,31-33,40-41,51,60H,1,13-24,26,30H2,2-11H3,(H-,58,59,62);/q-3;+2/p-1/b34-25+,42-27-,46-29-,47-28-;/t32-,33-,40+,41+,51-;/m1./s1. The van der Waals surface area contributed by atoms with Gasteiger partial charge in [-0.05, 0) is 94.6 Å². The van der Waals surface area contributed by atoms with Crippen LogP contribution in [0.5, 0.6) is 0 Å². The molecule has 0 aromatic carbocycles. The quantitative estimate of drug-likeness (QED) is 0.0478. The van der Waals surface area contributed by atoms with Crippen LogP contribution in [0.15, 0.2) is 29.6 Å². The minimum Gasteiger partial charge on any atom is -0.664 e. The van der Waals surface area contributed by atoms with Gasteiger partial charge >= 0.3 is 35.0 Å². The summed E-state index contributed by atoms with van der Waals surface area (Å²) in [5, 5.41) is 17.8. The molecule has 0 spiro atoms. The van der Waals surface area contributed by atoms with Gasteiger partial charge in [0.2, 0.25) is 0 Å². The van der Waals surface area contributed by atoms with E-state index in [0.29, 0.717) is 56.8 Å². The fourth-order valence-electron chi connectivity index (χ4n) is 10.2. The van der Waals surface area contributed by atoms with E-state index < -0.39 is 29.5 Å². The maximum Gasteiger partial charge on any atom is 2.00 e. The van der Waals surface area contributed by atoms with E-state index in [4.69, 9.17) is 29.7 Å². The number of aliphatic hydroxyl groups is 1. The molecule has 0 radical (unpaired) electrons. The van der Waals surface area contributed by atoms with Gasteiger partial charge in [0.05, 0.1) is 7.11 Å². The molecular weight excluding hydrogens is 837 g/mol. The number of fused-ring (bicyclic) bond motifs is 7. The molecule has 66 heavy (non-hydrogen) atoms. The molecule has 0 saturated carbocycles. The molecule has 0 amide bonds. The molecule has 1 fully saturated rings. The van der Waals surface area contributed by atoms with Crippen molar-refractivity contribution in [3.63, 3.8) is 0 Å². The second-order valence-electron chi connectivity index (χ2n) is 19.4. The van der Waals surface area contributed by atoms with E-state index in [9.17, 15) is 19.5 Å². The molecule has 352 valence electrons. The number of carbonyl (C=O) groups excluding carboxylic acids is 3. The summed E-state index contributed by atoms with van der Waals surface area (Å²) in [5.41, 5.74) is 9.64. The molecule has 1 saturated heterocycles. The van der Waals surface area contributed by atoms with Crippen molar-refractivity contribution in [2.75, 3.05) is 20.3 Å². The predicted molar refractivity (Wildman–Crippen MR) is 266 cm³/mol. The summed E-state index contributed by atoms with van der Waals surface area (Å²) in [6.45, 7) is 23.4. The molecule has 1 N–H and O–H groups in total. The average molecular weight is 910 g/mol. The van der Waals surface area contributed by atoms with Crippen LogP contribution in [-0.2, 0) is 25.5 Å². The zero-order chi connectivity index (χ0) is 47.1. The second kappa shape index (κ2) is 23.6. The number of Topliss-reactive ketones (excluding diaryl/α,β-unsaturated/α-hetero) is 1. The number of carbonyl (C=O) groups is 3. The first-order chi connectivity index (χ1) is 31.1. The van der Waals surface area contributed by atoms with Gasteiger partial charge in [-0.1, -0.05) is 144 Å². The monoisotopic (exact) mass is 909 g/mol. The van der Waals surface area contributed by atoms with Crippen molar-refractivity contribution in [2.24, 2.45) is 35.5 Å². The molecule has 3 aromatic rings. The van der Waals surface area contributed by atoms with E-state index in [0.717, 1.165) is 64.1 Å². The first kappa shape index (κ1) is 52.6.